The number of para-hydroxylation sites is 1. The lowest BCUT2D eigenvalue weighted by molar-refractivity contribution is -0.137. The number of carbonyl (C=O) groups excluding carboxylic acids is 1. The highest BCUT2D eigenvalue weighted by Gasteiger charge is 2.30. The van der Waals surface area contributed by atoms with E-state index in [1.54, 1.807) is 11.4 Å². The predicted molar refractivity (Wildman–Crippen MR) is 86.4 cm³/mol. The lowest BCUT2D eigenvalue weighted by Gasteiger charge is -2.24. The van der Waals surface area contributed by atoms with Gasteiger partial charge in [-0.1, -0.05) is 18.2 Å². The molecule has 2 aromatic rings. The molecule has 0 atom stereocenters. The Kier molecular flexibility index (Phi) is 5.86. The van der Waals surface area contributed by atoms with Crippen LogP contribution in [0.4, 0.5) is 23.2 Å². The number of hydrogen-bond acceptors (Lipinski definition) is 3. The van der Waals surface area contributed by atoms with Crippen LogP contribution in [0.15, 0.2) is 59.5 Å². The Balaban J connectivity index is 2.33. The van der Waals surface area contributed by atoms with E-state index in [1.807, 2.05) is 0 Å². The summed E-state index contributed by atoms with van der Waals surface area (Å²) in [5.41, 5.74) is 0.0824. The first kappa shape index (κ1) is 19.7. The number of hydrogen-bond donors (Lipinski definition) is 1. The molecule has 2 aromatic carbocycles. The highest BCUT2D eigenvalue weighted by Crippen LogP contribution is 2.23. The van der Waals surface area contributed by atoms with Crippen LogP contribution in [0.5, 0.6) is 0 Å². The third-order valence-electron chi connectivity index (χ3n) is 3.22. The molecule has 0 fully saturated rings. The molecule has 0 aliphatic heterocycles. The van der Waals surface area contributed by atoms with E-state index in [9.17, 15) is 30.8 Å². The first-order valence-electron chi connectivity index (χ1n) is 7.26. The number of nitrogens with one attached hydrogen (secondary N) is 1. The van der Waals surface area contributed by atoms with Crippen LogP contribution in [0.1, 0.15) is 0 Å². The average Bonchev–Trinajstić information content (AvgIpc) is 2.58. The van der Waals surface area contributed by atoms with Gasteiger partial charge in [0.2, 0.25) is 5.91 Å². The van der Waals surface area contributed by atoms with Gasteiger partial charge in [-0.25, -0.2) is 12.8 Å². The van der Waals surface area contributed by atoms with Crippen LogP contribution in [0.3, 0.4) is 0 Å². The van der Waals surface area contributed by atoms with Crippen molar-refractivity contribution in [3.8, 4) is 0 Å². The minimum atomic E-state index is -4.62. The van der Waals surface area contributed by atoms with E-state index in [0.29, 0.717) is 4.31 Å². The Hall–Kier alpha value is -2.62. The van der Waals surface area contributed by atoms with Gasteiger partial charge in [0.1, 0.15) is 18.9 Å². The number of amides is 1. The van der Waals surface area contributed by atoms with Gasteiger partial charge >= 0.3 is 6.18 Å². The number of nitrogens with zero attached hydrogens (tertiary/aromatic N) is 1. The summed E-state index contributed by atoms with van der Waals surface area (Å²) in [7, 11) is -4.30. The normalized spacial score (nSPS) is 11.8. The Bertz CT molecular complexity index is 853. The van der Waals surface area contributed by atoms with Gasteiger partial charge in [-0.05, 0) is 36.4 Å². The Morgan fingerprint density at radius 3 is 2.12 bits per heavy atom. The average molecular weight is 390 g/mol. The fourth-order valence-corrected chi connectivity index (χ4v) is 3.45. The fourth-order valence-electron chi connectivity index (χ4n) is 2.03. The van der Waals surface area contributed by atoms with Crippen molar-refractivity contribution in [2.45, 2.75) is 11.1 Å². The number of anilines is 1. The lowest BCUT2D eigenvalue weighted by atomic mass is 10.3. The van der Waals surface area contributed by atoms with Crippen LogP contribution in [0, 0.1) is 5.82 Å². The van der Waals surface area contributed by atoms with Gasteiger partial charge in [-0.15, -0.1) is 0 Å². The van der Waals surface area contributed by atoms with E-state index >= 15 is 0 Å². The summed E-state index contributed by atoms with van der Waals surface area (Å²) in [5.74, 6) is -1.78. The molecule has 2 rings (SSSR count). The molecule has 0 aromatic heterocycles. The number of carbonyl (C=O) groups is 1. The molecule has 26 heavy (non-hydrogen) atoms. The van der Waals surface area contributed by atoms with Crippen LogP contribution in [0.25, 0.3) is 0 Å². The van der Waals surface area contributed by atoms with Gasteiger partial charge in [-0.3, -0.25) is 9.10 Å². The number of alkyl halides is 3. The molecule has 140 valence electrons. The number of sulfonamides is 1. The Morgan fingerprint density at radius 2 is 1.58 bits per heavy atom. The van der Waals surface area contributed by atoms with E-state index in [0.717, 1.165) is 24.3 Å². The lowest BCUT2D eigenvalue weighted by Crippen LogP contribution is -2.43. The van der Waals surface area contributed by atoms with Crippen molar-refractivity contribution < 1.29 is 30.8 Å². The molecule has 0 heterocycles. The zero-order chi connectivity index (χ0) is 19.4. The fraction of sp³-hybridized carbons (Fsp3) is 0.188. The molecule has 0 radical (unpaired) electrons. The molecule has 0 saturated heterocycles. The monoisotopic (exact) mass is 390 g/mol. The van der Waals surface area contributed by atoms with E-state index in [-0.39, 0.29) is 10.6 Å². The Labute approximate surface area is 147 Å². The van der Waals surface area contributed by atoms with Gasteiger partial charge in [0.15, 0.2) is 0 Å². The van der Waals surface area contributed by atoms with E-state index < -0.39 is 41.0 Å². The van der Waals surface area contributed by atoms with Crippen molar-refractivity contribution in [2.75, 3.05) is 17.4 Å². The largest absolute Gasteiger partial charge is 0.405 e. The molecule has 0 bridgehead atoms. The van der Waals surface area contributed by atoms with Crippen LogP contribution in [-0.2, 0) is 14.8 Å². The first-order chi connectivity index (χ1) is 12.1. The van der Waals surface area contributed by atoms with Crippen LogP contribution < -0.4 is 9.62 Å². The molecule has 10 heteroatoms. The molecular weight excluding hydrogens is 376 g/mol. The van der Waals surface area contributed by atoms with Gasteiger partial charge in [0, 0.05) is 0 Å². The second kappa shape index (κ2) is 7.73. The van der Waals surface area contributed by atoms with Gasteiger partial charge in [0.25, 0.3) is 10.0 Å². The molecule has 1 N–H and O–H groups in total. The molecule has 0 spiro atoms. The topological polar surface area (TPSA) is 66.5 Å². The maximum Gasteiger partial charge on any atom is 0.405 e. The Morgan fingerprint density at radius 1 is 1.00 bits per heavy atom. The summed E-state index contributed by atoms with van der Waals surface area (Å²) in [6.07, 6.45) is -4.62. The van der Waals surface area contributed by atoms with Crippen molar-refractivity contribution in [1.29, 1.82) is 0 Å². The summed E-state index contributed by atoms with van der Waals surface area (Å²) in [4.78, 5) is 11.5. The molecule has 0 aliphatic rings. The SMILES string of the molecule is O=C(CN(c1ccccc1)S(=O)(=O)c1ccc(F)cc1)NCC(F)(F)F. The number of benzene rings is 2. The smallest absolute Gasteiger partial charge is 0.345 e. The summed E-state index contributed by atoms with van der Waals surface area (Å²) in [6, 6.07) is 11.3. The maximum absolute atomic E-state index is 13.0. The number of halogens is 4. The van der Waals surface area contributed by atoms with Crippen LogP contribution >= 0.6 is 0 Å². The summed E-state index contributed by atoms with van der Waals surface area (Å²) in [6.45, 7) is -2.44. The van der Waals surface area contributed by atoms with Crippen molar-refractivity contribution >= 4 is 21.6 Å². The summed E-state index contributed by atoms with van der Waals surface area (Å²) >= 11 is 0. The van der Waals surface area contributed by atoms with Crippen LogP contribution in [0.2, 0.25) is 0 Å². The van der Waals surface area contributed by atoms with Crippen LogP contribution in [-0.4, -0.2) is 33.6 Å². The first-order valence-corrected chi connectivity index (χ1v) is 8.70. The maximum atomic E-state index is 13.0. The molecule has 0 saturated carbocycles. The highest BCUT2D eigenvalue weighted by atomic mass is 32.2. The summed E-state index contributed by atoms with van der Waals surface area (Å²) in [5, 5.41) is 1.63. The second-order valence-corrected chi connectivity index (χ2v) is 7.06. The molecular formula is C16H14F4N2O3S. The van der Waals surface area contributed by atoms with Crippen molar-refractivity contribution in [3.63, 3.8) is 0 Å². The second-order valence-electron chi connectivity index (χ2n) is 5.19. The minimum absolute atomic E-state index is 0.0824. The third-order valence-corrected chi connectivity index (χ3v) is 5.01. The third kappa shape index (κ3) is 5.19. The molecule has 0 unspecified atom stereocenters. The zero-order valence-electron chi connectivity index (χ0n) is 13.2. The molecule has 0 aliphatic carbocycles. The zero-order valence-corrected chi connectivity index (χ0v) is 14.0. The van der Waals surface area contributed by atoms with E-state index in [1.165, 1.54) is 24.3 Å². The summed E-state index contributed by atoms with van der Waals surface area (Å²) < 4.78 is 76.0. The van der Waals surface area contributed by atoms with E-state index in [2.05, 4.69) is 0 Å². The van der Waals surface area contributed by atoms with Crippen molar-refractivity contribution in [2.24, 2.45) is 0 Å². The standard InChI is InChI=1S/C16H14F4N2O3S/c17-12-6-8-14(9-7-12)26(24,25)22(13-4-2-1-3-5-13)10-15(23)21-11-16(18,19)20/h1-9H,10-11H2,(H,21,23). The van der Waals surface area contributed by atoms with Gasteiger partial charge in [0.05, 0.1) is 10.6 Å². The van der Waals surface area contributed by atoms with Gasteiger partial charge in [-0.2, -0.15) is 13.2 Å². The highest BCUT2D eigenvalue weighted by molar-refractivity contribution is 7.92. The molecule has 1 amide bonds. The molecule has 5 nitrogen and oxygen atoms in total. The predicted octanol–water partition coefficient (Wildman–Crippen LogP) is 2.70. The quantitative estimate of drug-likeness (QED) is 0.772. The van der Waals surface area contributed by atoms with E-state index in [4.69, 9.17) is 0 Å². The van der Waals surface area contributed by atoms with Crippen molar-refractivity contribution in [3.05, 3.63) is 60.4 Å². The number of rotatable bonds is 6. The van der Waals surface area contributed by atoms with Crippen molar-refractivity contribution in [1.82, 2.24) is 5.32 Å². The van der Waals surface area contributed by atoms with Gasteiger partial charge < -0.3 is 5.32 Å². The minimum Gasteiger partial charge on any atom is -0.345 e.